The predicted octanol–water partition coefficient (Wildman–Crippen LogP) is 14.7. The molecule has 0 saturated carbocycles. The smallest absolute Gasteiger partial charge is 0.0241 e. The fraction of sp³-hybridized carbons (Fsp3) is 0.974. The van der Waals surface area contributed by atoms with E-state index in [9.17, 15) is 0 Å². The Bertz CT molecular complexity index is 397. The molecule has 0 unspecified atom stereocenters. The Balaban J connectivity index is 3.75. The first-order valence-electron chi connectivity index (χ1n) is 18.5. The quantitative estimate of drug-likeness (QED) is 0.0736. The van der Waals surface area contributed by atoms with Gasteiger partial charge in [-0.2, -0.15) is 0 Å². The van der Waals surface area contributed by atoms with Crippen LogP contribution in [0.2, 0.25) is 0 Å². The molecule has 0 saturated heterocycles. The van der Waals surface area contributed by atoms with Gasteiger partial charge in [0, 0.05) is 0 Å². The van der Waals surface area contributed by atoms with Crippen LogP contribution in [-0.4, -0.2) is 0 Å². The molecule has 0 atom stereocenters. The van der Waals surface area contributed by atoms with Crippen molar-refractivity contribution in [2.75, 3.05) is 0 Å². The van der Waals surface area contributed by atoms with Crippen LogP contribution in [0.15, 0.2) is 0 Å². The Morgan fingerprint density at radius 3 is 0.816 bits per heavy atom. The molecule has 0 aromatic rings. The summed E-state index contributed by atoms with van der Waals surface area (Å²) in [4.78, 5) is 0. The largest absolute Gasteiger partial charge is 0.0654 e. The molecule has 0 aromatic carbocycles. The Kier molecular flexibility index (Phi) is 33.2. The van der Waals surface area contributed by atoms with E-state index >= 15 is 0 Å². The van der Waals surface area contributed by atoms with Gasteiger partial charge in [0.15, 0.2) is 0 Å². The van der Waals surface area contributed by atoms with Crippen molar-refractivity contribution in [2.45, 2.75) is 233 Å². The lowest BCUT2D eigenvalue weighted by atomic mass is 9.89. The minimum atomic E-state index is 0.880. The van der Waals surface area contributed by atoms with Crippen LogP contribution < -0.4 is 0 Å². The lowest BCUT2D eigenvalue weighted by molar-refractivity contribution is 0.491. The summed E-state index contributed by atoms with van der Waals surface area (Å²) in [6.45, 7) is 9.38. The summed E-state index contributed by atoms with van der Waals surface area (Å²) >= 11 is 0. The van der Waals surface area contributed by atoms with Gasteiger partial charge >= 0.3 is 0 Å². The summed E-state index contributed by atoms with van der Waals surface area (Å²) in [5, 5.41) is 0. The maximum atomic E-state index is 2.37. The molecule has 0 fully saturated rings. The SMILES string of the molecule is CCCCCCCCCCCCCCCCC[C](CCCCCCCCCCCC)CCCCCC(C)C. The van der Waals surface area contributed by atoms with Crippen LogP contribution in [0.3, 0.4) is 0 Å². The molecule has 0 heteroatoms. The molecule has 1 radical (unpaired) electrons. The maximum absolute atomic E-state index is 2.37. The standard InChI is InChI=1S/C38H77/c1-5-7-9-11-13-15-17-18-19-20-21-23-25-27-31-35-38(36-32-28-29-33-37(3)4)34-30-26-24-22-16-14-12-10-8-6-2/h37H,5-36H2,1-4H3. The Hall–Kier alpha value is 0. The highest BCUT2D eigenvalue weighted by Gasteiger charge is 2.09. The number of unbranched alkanes of at least 4 members (excludes halogenated alkanes) is 25. The molecule has 0 spiro atoms. The lowest BCUT2D eigenvalue weighted by Crippen LogP contribution is -1.99. The zero-order valence-corrected chi connectivity index (χ0v) is 27.7. The van der Waals surface area contributed by atoms with Crippen LogP contribution >= 0.6 is 0 Å². The second-order valence-electron chi connectivity index (χ2n) is 13.4. The normalized spacial score (nSPS) is 11.8. The fourth-order valence-corrected chi connectivity index (χ4v) is 6.09. The van der Waals surface area contributed by atoms with Crippen molar-refractivity contribution in [3.63, 3.8) is 0 Å². The molecule has 0 aromatic heterocycles. The highest BCUT2D eigenvalue weighted by atomic mass is 14.1. The van der Waals surface area contributed by atoms with Gasteiger partial charge in [0.1, 0.15) is 0 Å². The third-order valence-corrected chi connectivity index (χ3v) is 8.83. The first-order chi connectivity index (χ1) is 18.7. The van der Waals surface area contributed by atoms with E-state index in [0.717, 1.165) is 5.92 Å². The first kappa shape index (κ1) is 38.0. The van der Waals surface area contributed by atoms with E-state index in [1.54, 1.807) is 0 Å². The average molecular weight is 534 g/mol. The molecule has 0 bridgehead atoms. The zero-order chi connectivity index (χ0) is 27.8. The summed E-state index contributed by atoms with van der Waals surface area (Å²) in [6, 6.07) is 0. The molecular weight excluding hydrogens is 456 g/mol. The van der Waals surface area contributed by atoms with Crippen molar-refractivity contribution in [3.8, 4) is 0 Å². The minimum Gasteiger partial charge on any atom is -0.0654 e. The van der Waals surface area contributed by atoms with Crippen LogP contribution in [0.25, 0.3) is 0 Å². The molecule has 0 aliphatic rings. The Morgan fingerprint density at radius 2 is 0.553 bits per heavy atom. The van der Waals surface area contributed by atoms with E-state index in [1.165, 1.54) is 205 Å². The van der Waals surface area contributed by atoms with Gasteiger partial charge in [-0.3, -0.25) is 0 Å². The number of rotatable bonds is 33. The molecule has 0 amide bonds. The van der Waals surface area contributed by atoms with Crippen LogP contribution in [0, 0.1) is 11.8 Å². The van der Waals surface area contributed by atoms with E-state index in [-0.39, 0.29) is 0 Å². The molecule has 38 heavy (non-hydrogen) atoms. The molecule has 0 aliphatic heterocycles. The van der Waals surface area contributed by atoms with E-state index < -0.39 is 0 Å². The van der Waals surface area contributed by atoms with Gasteiger partial charge in [0.05, 0.1) is 0 Å². The third-order valence-electron chi connectivity index (χ3n) is 8.83. The van der Waals surface area contributed by atoms with Crippen molar-refractivity contribution in [3.05, 3.63) is 5.92 Å². The summed E-state index contributed by atoms with van der Waals surface area (Å²) in [5.74, 6) is 2.81. The molecule has 0 rings (SSSR count). The van der Waals surface area contributed by atoms with Crippen molar-refractivity contribution in [2.24, 2.45) is 5.92 Å². The number of hydrogen-bond donors (Lipinski definition) is 0. The second kappa shape index (κ2) is 33.2. The third kappa shape index (κ3) is 32.2. The highest BCUT2D eigenvalue weighted by molar-refractivity contribution is 4.89. The van der Waals surface area contributed by atoms with Crippen molar-refractivity contribution in [1.29, 1.82) is 0 Å². The summed E-state index contributed by atoms with van der Waals surface area (Å²) in [6.07, 6.45) is 46.8. The van der Waals surface area contributed by atoms with Gasteiger partial charge < -0.3 is 0 Å². The van der Waals surface area contributed by atoms with Crippen molar-refractivity contribution >= 4 is 0 Å². The van der Waals surface area contributed by atoms with Gasteiger partial charge in [-0.25, -0.2) is 0 Å². The lowest BCUT2D eigenvalue weighted by Gasteiger charge is -2.17. The van der Waals surface area contributed by atoms with Gasteiger partial charge in [0.2, 0.25) is 0 Å². The summed E-state index contributed by atoms with van der Waals surface area (Å²) in [5.41, 5.74) is 0. The molecule has 0 aliphatic carbocycles. The van der Waals surface area contributed by atoms with Gasteiger partial charge in [0.25, 0.3) is 0 Å². The average Bonchev–Trinajstić information content (AvgIpc) is 2.91. The highest BCUT2D eigenvalue weighted by Crippen LogP contribution is 2.27. The van der Waals surface area contributed by atoms with E-state index in [4.69, 9.17) is 0 Å². The summed E-state index contributed by atoms with van der Waals surface area (Å²) in [7, 11) is 0. The topological polar surface area (TPSA) is 0 Å². The van der Waals surface area contributed by atoms with Crippen LogP contribution in [0.5, 0.6) is 0 Å². The zero-order valence-electron chi connectivity index (χ0n) is 27.7. The van der Waals surface area contributed by atoms with Crippen molar-refractivity contribution in [1.82, 2.24) is 0 Å². The Morgan fingerprint density at radius 1 is 0.316 bits per heavy atom. The van der Waals surface area contributed by atoms with Crippen LogP contribution in [0.4, 0.5) is 0 Å². The molecule has 229 valence electrons. The minimum absolute atomic E-state index is 0.880. The van der Waals surface area contributed by atoms with Gasteiger partial charge in [-0.15, -0.1) is 0 Å². The van der Waals surface area contributed by atoms with Gasteiger partial charge in [-0.1, -0.05) is 214 Å². The van der Waals surface area contributed by atoms with Crippen LogP contribution in [0.1, 0.15) is 233 Å². The maximum Gasteiger partial charge on any atom is -0.0241 e. The van der Waals surface area contributed by atoms with E-state index in [0.29, 0.717) is 0 Å². The fourth-order valence-electron chi connectivity index (χ4n) is 6.09. The molecule has 0 nitrogen and oxygen atoms in total. The van der Waals surface area contributed by atoms with Crippen LogP contribution in [-0.2, 0) is 0 Å². The van der Waals surface area contributed by atoms with Crippen molar-refractivity contribution < 1.29 is 0 Å². The second-order valence-corrected chi connectivity index (χ2v) is 13.4. The summed E-state index contributed by atoms with van der Waals surface area (Å²) < 4.78 is 0. The van der Waals surface area contributed by atoms with E-state index in [2.05, 4.69) is 27.7 Å². The first-order valence-corrected chi connectivity index (χ1v) is 18.5. The number of hydrogen-bond acceptors (Lipinski definition) is 0. The van der Waals surface area contributed by atoms with Gasteiger partial charge in [-0.05, 0) is 31.1 Å². The Labute approximate surface area is 244 Å². The monoisotopic (exact) mass is 534 g/mol. The van der Waals surface area contributed by atoms with E-state index in [1.807, 2.05) is 5.92 Å². The molecule has 0 N–H and O–H groups in total. The molecule has 0 heterocycles. The molecular formula is C38H77. The predicted molar refractivity (Wildman–Crippen MR) is 177 cm³/mol.